The van der Waals surface area contributed by atoms with E-state index in [2.05, 4.69) is 0 Å². The molecular formula is C7H9NO3. The summed E-state index contributed by atoms with van der Waals surface area (Å²) < 4.78 is 4.97. The molecule has 4 nitrogen and oxygen atoms in total. The van der Waals surface area contributed by atoms with Crippen LogP contribution in [0.4, 0.5) is 5.69 Å². The molecule has 0 aliphatic heterocycles. The Kier molecular flexibility index (Phi) is 1.68. The second-order valence-electron chi connectivity index (χ2n) is 2.57. The van der Waals surface area contributed by atoms with E-state index in [1.807, 2.05) is 0 Å². The number of hydrogen-bond acceptors (Lipinski definition) is 4. The van der Waals surface area contributed by atoms with Crippen LogP contribution in [0.1, 0.15) is 13.8 Å². The van der Waals surface area contributed by atoms with E-state index in [1.165, 1.54) is 0 Å². The quantitative estimate of drug-likeness (QED) is 0.593. The van der Waals surface area contributed by atoms with Gasteiger partial charge in [0, 0.05) is 0 Å². The second kappa shape index (κ2) is 2.38. The van der Waals surface area contributed by atoms with Gasteiger partial charge in [-0.25, -0.2) is 0 Å². The predicted octanol–water partition coefficient (Wildman–Crippen LogP) is -0.348. The summed E-state index contributed by atoms with van der Waals surface area (Å²) in [6.07, 6.45) is -0.124. The lowest BCUT2D eigenvalue weighted by Crippen LogP contribution is -2.36. The van der Waals surface area contributed by atoms with E-state index in [-0.39, 0.29) is 17.5 Å². The summed E-state index contributed by atoms with van der Waals surface area (Å²) in [5, 5.41) is 0. The summed E-state index contributed by atoms with van der Waals surface area (Å²) in [4.78, 5) is 21.2. The molecule has 4 heteroatoms. The summed E-state index contributed by atoms with van der Waals surface area (Å²) in [5.74, 6) is 0.0185. The number of anilines is 1. The molecule has 0 aliphatic carbocycles. The van der Waals surface area contributed by atoms with Crippen LogP contribution < -0.4 is 21.3 Å². The van der Waals surface area contributed by atoms with E-state index in [0.717, 1.165) is 0 Å². The molecule has 0 spiro atoms. The minimum Gasteiger partial charge on any atom is -0.485 e. The van der Waals surface area contributed by atoms with Gasteiger partial charge in [0.05, 0.1) is 6.10 Å². The molecule has 0 unspecified atom stereocenters. The standard InChI is InChI=1S/C7H9NO3/c1-3(2)11-7-4(8)5(9)6(7)10/h3H,8H2,1-2H3. The average molecular weight is 155 g/mol. The smallest absolute Gasteiger partial charge is 0.272 e. The van der Waals surface area contributed by atoms with Gasteiger partial charge in [-0.3, -0.25) is 9.59 Å². The Morgan fingerprint density at radius 3 is 2.18 bits per heavy atom. The van der Waals surface area contributed by atoms with Gasteiger partial charge < -0.3 is 10.5 Å². The van der Waals surface area contributed by atoms with Crippen LogP contribution >= 0.6 is 0 Å². The second-order valence-corrected chi connectivity index (χ2v) is 2.57. The van der Waals surface area contributed by atoms with Crippen molar-refractivity contribution in [3.8, 4) is 5.75 Å². The fourth-order valence-corrected chi connectivity index (χ4v) is 0.741. The summed E-state index contributed by atoms with van der Waals surface area (Å²) >= 11 is 0. The highest BCUT2D eigenvalue weighted by molar-refractivity contribution is 5.57. The normalized spacial score (nSPS) is 10.8. The first-order chi connectivity index (χ1) is 5.04. The number of hydrogen-bond donors (Lipinski definition) is 1. The third-order valence-electron chi connectivity index (χ3n) is 1.26. The highest BCUT2D eigenvalue weighted by atomic mass is 16.5. The molecule has 1 aromatic carbocycles. The molecule has 0 saturated heterocycles. The van der Waals surface area contributed by atoms with E-state index in [4.69, 9.17) is 10.5 Å². The summed E-state index contributed by atoms with van der Waals surface area (Å²) in [7, 11) is 0. The van der Waals surface area contributed by atoms with Crippen LogP contribution in [0, 0.1) is 0 Å². The Bertz CT molecular complexity index is 333. The van der Waals surface area contributed by atoms with Crippen molar-refractivity contribution < 1.29 is 4.74 Å². The van der Waals surface area contributed by atoms with Crippen LogP contribution in [0.25, 0.3) is 0 Å². The molecule has 0 aliphatic rings. The van der Waals surface area contributed by atoms with Crippen molar-refractivity contribution in [2.75, 3.05) is 5.73 Å². The molecule has 11 heavy (non-hydrogen) atoms. The molecule has 1 rings (SSSR count). The molecule has 0 atom stereocenters. The van der Waals surface area contributed by atoms with Gasteiger partial charge in [0.2, 0.25) is 0 Å². The molecule has 1 aromatic rings. The Labute approximate surface area is 63.3 Å². The highest BCUT2D eigenvalue weighted by Crippen LogP contribution is 2.13. The van der Waals surface area contributed by atoms with Gasteiger partial charge in [-0.2, -0.15) is 0 Å². The highest BCUT2D eigenvalue weighted by Gasteiger charge is 2.19. The van der Waals surface area contributed by atoms with Crippen molar-refractivity contribution in [1.82, 2.24) is 0 Å². The monoisotopic (exact) mass is 155 g/mol. The lowest BCUT2D eigenvalue weighted by Gasteiger charge is -2.11. The number of ether oxygens (including phenoxy) is 1. The van der Waals surface area contributed by atoms with Gasteiger partial charge in [0.15, 0.2) is 5.75 Å². The predicted molar refractivity (Wildman–Crippen MR) is 41.5 cm³/mol. The fraction of sp³-hybridized carbons (Fsp3) is 0.429. The Hall–Kier alpha value is -1.32. The van der Waals surface area contributed by atoms with Gasteiger partial charge in [-0.05, 0) is 13.8 Å². The molecule has 0 bridgehead atoms. The molecule has 0 radical (unpaired) electrons. The zero-order valence-corrected chi connectivity index (χ0v) is 6.38. The van der Waals surface area contributed by atoms with E-state index < -0.39 is 10.9 Å². The molecule has 0 aromatic heterocycles. The van der Waals surface area contributed by atoms with Crippen LogP contribution in [0.3, 0.4) is 0 Å². The molecule has 60 valence electrons. The van der Waals surface area contributed by atoms with Crippen LogP contribution in [-0.4, -0.2) is 6.10 Å². The van der Waals surface area contributed by atoms with Crippen molar-refractivity contribution >= 4 is 5.69 Å². The molecule has 0 amide bonds. The van der Waals surface area contributed by atoms with Crippen LogP contribution in [0.2, 0.25) is 0 Å². The van der Waals surface area contributed by atoms with Crippen LogP contribution in [0.15, 0.2) is 9.59 Å². The van der Waals surface area contributed by atoms with Crippen molar-refractivity contribution in [3.63, 3.8) is 0 Å². The van der Waals surface area contributed by atoms with Crippen molar-refractivity contribution in [1.29, 1.82) is 0 Å². The van der Waals surface area contributed by atoms with Gasteiger partial charge in [-0.1, -0.05) is 0 Å². The number of rotatable bonds is 2. The maximum atomic E-state index is 10.7. The summed E-state index contributed by atoms with van der Waals surface area (Å²) in [5.41, 5.74) is 3.88. The van der Waals surface area contributed by atoms with E-state index in [1.54, 1.807) is 13.8 Å². The molecule has 2 N–H and O–H groups in total. The molecule has 0 heterocycles. The van der Waals surface area contributed by atoms with Gasteiger partial charge >= 0.3 is 0 Å². The van der Waals surface area contributed by atoms with Gasteiger partial charge in [0.1, 0.15) is 5.69 Å². The Morgan fingerprint density at radius 2 is 1.82 bits per heavy atom. The van der Waals surface area contributed by atoms with E-state index in [0.29, 0.717) is 0 Å². The number of nitrogens with two attached hydrogens (primary N) is 1. The molecule has 0 fully saturated rings. The third-order valence-corrected chi connectivity index (χ3v) is 1.26. The van der Waals surface area contributed by atoms with Gasteiger partial charge in [0.25, 0.3) is 10.9 Å². The van der Waals surface area contributed by atoms with Crippen molar-refractivity contribution in [2.24, 2.45) is 0 Å². The van der Waals surface area contributed by atoms with Crippen LogP contribution in [-0.2, 0) is 0 Å². The Balaban J connectivity index is 2.91. The lowest BCUT2D eigenvalue weighted by molar-refractivity contribution is 0.239. The number of nitrogen functional groups attached to an aromatic ring is 1. The Morgan fingerprint density at radius 1 is 1.27 bits per heavy atom. The summed E-state index contributed by atoms with van der Waals surface area (Å²) in [6.45, 7) is 3.52. The lowest BCUT2D eigenvalue weighted by atomic mass is 10.2. The minimum atomic E-state index is -0.638. The summed E-state index contributed by atoms with van der Waals surface area (Å²) in [6, 6.07) is 0. The maximum Gasteiger partial charge on any atom is 0.272 e. The first-order valence-corrected chi connectivity index (χ1v) is 3.29. The first kappa shape index (κ1) is 7.78. The zero-order chi connectivity index (χ0) is 8.59. The largest absolute Gasteiger partial charge is 0.485 e. The van der Waals surface area contributed by atoms with Crippen LogP contribution in [0.5, 0.6) is 5.75 Å². The van der Waals surface area contributed by atoms with Crippen molar-refractivity contribution in [3.05, 3.63) is 20.4 Å². The van der Waals surface area contributed by atoms with Gasteiger partial charge in [-0.15, -0.1) is 0 Å². The van der Waals surface area contributed by atoms with Crippen molar-refractivity contribution in [2.45, 2.75) is 20.0 Å². The molecular weight excluding hydrogens is 146 g/mol. The third kappa shape index (κ3) is 1.11. The average Bonchev–Trinajstić information content (AvgIpc) is 1.98. The van der Waals surface area contributed by atoms with E-state index >= 15 is 0 Å². The zero-order valence-electron chi connectivity index (χ0n) is 6.38. The van der Waals surface area contributed by atoms with E-state index in [9.17, 15) is 9.59 Å². The SMILES string of the molecule is CC(C)Oc1c(N)c(=O)c1=O. The fourth-order valence-electron chi connectivity index (χ4n) is 0.741. The topological polar surface area (TPSA) is 69.4 Å². The molecule has 0 saturated carbocycles. The minimum absolute atomic E-state index is 0.0185. The maximum absolute atomic E-state index is 10.7. The first-order valence-electron chi connectivity index (χ1n) is 3.29.